The first-order valence-electron chi connectivity index (χ1n) is 15.1. The van der Waals surface area contributed by atoms with Crippen LogP contribution in [-0.2, 0) is 13.9 Å². The minimum Gasteiger partial charge on any atom is -0.414 e. The van der Waals surface area contributed by atoms with Crippen LogP contribution in [0, 0.1) is 0 Å². The van der Waals surface area contributed by atoms with Crippen molar-refractivity contribution in [3.63, 3.8) is 0 Å². The lowest BCUT2D eigenvalue weighted by Gasteiger charge is -2.37. The Labute approximate surface area is 222 Å². The van der Waals surface area contributed by atoms with Crippen molar-refractivity contribution in [1.82, 2.24) is 0 Å². The highest BCUT2D eigenvalue weighted by Gasteiger charge is 2.37. The molecule has 0 fully saturated rings. The third-order valence-corrected chi connectivity index (χ3v) is 11.9. The van der Waals surface area contributed by atoms with Crippen LogP contribution in [-0.4, -0.2) is 40.8 Å². The Morgan fingerprint density at radius 2 is 1.14 bits per heavy atom. The first-order valence-corrected chi connectivity index (χ1v) is 18.0. The molecule has 0 N–H and O–H groups in total. The average Bonchev–Trinajstić information content (AvgIpc) is 2.78. The summed E-state index contributed by atoms with van der Waals surface area (Å²) in [6, 6.07) is 0. The van der Waals surface area contributed by atoms with Crippen LogP contribution in [0.5, 0.6) is 0 Å². The lowest BCUT2D eigenvalue weighted by molar-refractivity contribution is -0.0324. The van der Waals surface area contributed by atoms with E-state index in [2.05, 4.69) is 47.4 Å². The summed E-state index contributed by atoms with van der Waals surface area (Å²) in [6.45, 7) is 22.3. The number of ether oxygens (including phenoxy) is 2. The van der Waals surface area contributed by atoms with Crippen molar-refractivity contribution in [3.8, 4) is 0 Å². The summed E-state index contributed by atoms with van der Waals surface area (Å²) in [5.74, 6) is 0. The molecule has 0 aliphatic carbocycles. The Kier molecular flexibility index (Phi) is 21.8. The van der Waals surface area contributed by atoms with E-state index in [1.165, 1.54) is 96.3 Å². The molecular formula is C31H64O3Si. The highest BCUT2D eigenvalue weighted by atomic mass is 28.4. The van der Waals surface area contributed by atoms with Crippen LogP contribution < -0.4 is 0 Å². The number of rotatable bonds is 25. The molecule has 210 valence electrons. The van der Waals surface area contributed by atoms with E-state index < -0.39 is 8.32 Å². The van der Waals surface area contributed by atoms with Gasteiger partial charge in [0.1, 0.15) is 6.10 Å². The standard InChI is InChI=1S/C31H64O3Si/c1-9-10-11-12-13-14-15-16-17-18-19-20-21-22-23-24-25-32-27-30(33-26-29(2)3)28-34-35(7,8)31(4,5)6/h30H,2,9-28H2,1,3-8H3/t30-/m1/s1. The van der Waals surface area contributed by atoms with Crippen LogP contribution in [0.4, 0.5) is 0 Å². The van der Waals surface area contributed by atoms with Crippen molar-refractivity contribution in [1.29, 1.82) is 0 Å². The van der Waals surface area contributed by atoms with E-state index in [-0.39, 0.29) is 11.1 Å². The van der Waals surface area contributed by atoms with Gasteiger partial charge >= 0.3 is 0 Å². The van der Waals surface area contributed by atoms with E-state index in [1.807, 2.05) is 6.92 Å². The summed E-state index contributed by atoms with van der Waals surface area (Å²) in [7, 11) is -1.78. The maximum Gasteiger partial charge on any atom is 0.192 e. The second kappa shape index (κ2) is 21.9. The Morgan fingerprint density at radius 1 is 0.714 bits per heavy atom. The predicted octanol–water partition coefficient (Wildman–Crippen LogP) is 10.2. The lowest BCUT2D eigenvalue weighted by Crippen LogP contribution is -2.43. The fraction of sp³-hybridized carbons (Fsp3) is 0.935. The molecule has 4 heteroatoms. The topological polar surface area (TPSA) is 27.7 Å². The number of hydrogen-bond acceptors (Lipinski definition) is 3. The molecule has 0 radical (unpaired) electrons. The van der Waals surface area contributed by atoms with Gasteiger partial charge in [0.05, 0.1) is 19.8 Å². The molecule has 3 nitrogen and oxygen atoms in total. The maximum absolute atomic E-state index is 6.38. The van der Waals surface area contributed by atoms with Gasteiger partial charge in [-0.3, -0.25) is 0 Å². The van der Waals surface area contributed by atoms with Crippen molar-refractivity contribution in [2.45, 2.75) is 162 Å². The van der Waals surface area contributed by atoms with Gasteiger partial charge in [0.25, 0.3) is 0 Å². The second-order valence-electron chi connectivity index (χ2n) is 12.3. The normalized spacial score (nSPS) is 13.3. The maximum atomic E-state index is 6.38. The van der Waals surface area contributed by atoms with E-state index in [1.54, 1.807) is 0 Å². The Bertz CT molecular complexity index is 484. The summed E-state index contributed by atoms with van der Waals surface area (Å²) in [4.78, 5) is 0. The minimum absolute atomic E-state index is 0.0121. The average molecular weight is 513 g/mol. The number of unbranched alkanes of at least 4 members (excludes halogenated alkanes) is 15. The summed E-state index contributed by atoms with van der Waals surface area (Å²) in [5, 5.41) is 0.209. The van der Waals surface area contributed by atoms with Crippen LogP contribution >= 0.6 is 0 Å². The van der Waals surface area contributed by atoms with Gasteiger partial charge in [-0.2, -0.15) is 0 Å². The molecule has 0 rings (SSSR count). The fourth-order valence-corrected chi connectivity index (χ4v) is 4.92. The largest absolute Gasteiger partial charge is 0.414 e. The van der Waals surface area contributed by atoms with Gasteiger partial charge in [0.2, 0.25) is 0 Å². The van der Waals surface area contributed by atoms with E-state index in [0.717, 1.165) is 18.6 Å². The molecule has 0 aromatic rings. The van der Waals surface area contributed by atoms with Crippen LogP contribution in [0.3, 0.4) is 0 Å². The Morgan fingerprint density at radius 3 is 1.54 bits per heavy atom. The molecular weight excluding hydrogens is 448 g/mol. The van der Waals surface area contributed by atoms with Gasteiger partial charge in [0.15, 0.2) is 8.32 Å². The predicted molar refractivity (Wildman–Crippen MR) is 158 cm³/mol. The Hall–Kier alpha value is -0.163. The van der Waals surface area contributed by atoms with Crippen molar-refractivity contribution >= 4 is 8.32 Å². The summed E-state index contributed by atoms with van der Waals surface area (Å²) in [5.41, 5.74) is 1.04. The number of hydrogen-bond donors (Lipinski definition) is 0. The molecule has 0 saturated heterocycles. The third kappa shape index (κ3) is 21.6. The molecule has 0 aliphatic heterocycles. The molecule has 0 bridgehead atoms. The van der Waals surface area contributed by atoms with E-state index in [9.17, 15) is 0 Å². The van der Waals surface area contributed by atoms with E-state index in [4.69, 9.17) is 13.9 Å². The molecule has 0 aromatic heterocycles. The van der Waals surface area contributed by atoms with Crippen LogP contribution in [0.1, 0.15) is 137 Å². The fourth-order valence-electron chi connectivity index (χ4n) is 3.89. The molecule has 0 aromatic carbocycles. The summed E-state index contributed by atoms with van der Waals surface area (Å²) in [6.07, 6.45) is 22.3. The monoisotopic (exact) mass is 512 g/mol. The zero-order chi connectivity index (χ0) is 26.4. The molecule has 0 heterocycles. The van der Waals surface area contributed by atoms with Crippen LogP contribution in [0.25, 0.3) is 0 Å². The lowest BCUT2D eigenvalue weighted by atomic mass is 10.0. The SMILES string of the molecule is C=C(C)CO[C@H](COCCCCCCCCCCCCCCCCCC)CO[Si](C)(C)C(C)(C)C. The molecule has 0 saturated carbocycles. The van der Waals surface area contributed by atoms with E-state index >= 15 is 0 Å². The minimum atomic E-state index is -1.78. The van der Waals surface area contributed by atoms with Crippen LogP contribution in [0.15, 0.2) is 12.2 Å². The highest BCUT2D eigenvalue weighted by molar-refractivity contribution is 6.74. The zero-order valence-electron chi connectivity index (χ0n) is 25.2. The van der Waals surface area contributed by atoms with Gasteiger partial charge in [-0.25, -0.2) is 0 Å². The molecule has 0 amide bonds. The van der Waals surface area contributed by atoms with Gasteiger partial charge in [-0.05, 0) is 31.5 Å². The second-order valence-corrected chi connectivity index (χ2v) is 17.1. The molecule has 35 heavy (non-hydrogen) atoms. The molecule has 1 atom stereocenters. The summed E-state index contributed by atoms with van der Waals surface area (Å²) < 4.78 is 18.4. The van der Waals surface area contributed by atoms with Gasteiger partial charge < -0.3 is 13.9 Å². The van der Waals surface area contributed by atoms with Crippen molar-refractivity contribution < 1.29 is 13.9 Å². The molecule has 0 aliphatic rings. The zero-order valence-corrected chi connectivity index (χ0v) is 26.2. The van der Waals surface area contributed by atoms with Gasteiger partial charge in [0, 0.05) is 6.61 Å². The van der Waals surface area contributed by atoms with Crippen molar-refractivity contribution in [3.05, 3.63) is 12.2 Å². The quantitative estimate of drug-likeness (QED) is 0.0691. The Balaban J connectivity index is 3.69. The molecule has 0 unspecified atom stereocenters. The van der Waals surface area contributed by atoms with Crippen molar-refractivity contribution in [2.75, 3.05) is 26.4 Å². The smallest absolute Gasteiger partial charge is 0.192 e. The third-order valence-electron chi connectivity index (χ3n) is 7.45. The van der Waals surface area contributed by atoms with Crippen molar-refractivity contribution in [2.24, 2.45) is 0 Å². The van der Waals surface area contributed by atoms with Gasteiger partial charge in [-0.15, -0.1) is 0 Å². The highest BCUT2D eigenvalue weighted by Crippen LogP contribution is 2.36. The van der Waals surface area contributed by atoms with Gasteiger partial charge in [-0.1, -0.05) is 136 Å². The molecule has 0 spiro atoms. The first kappa shape index (κ1) is 34.8. The van der Waals surface area contributed by atoms with Crippen LogP contribution in [0.2, 0.25) is 18.1 Å². The summed E-state index contributed by atoms with van der Waals surface area (Å²) >= 11 is 0. The van der Waals surface area contributed by atoms with E-state index in [0.29, 0.717) is 19.8 Å². The first-order chi connectivity index (χ1) is 16.6.